The van der Waals surface area contributed by atoms with Gasteiger partial charge in [-0.2, -0.15) is 13.8 Å². The summed E-state index contributed by atoms with van der Waals surface area (Å²) in [5.41, 5.74) is 2.14. The third-order valence-corrected chi connectivity index (χ3v) is 5.47. The molecule has 0 saturated heterocycles. The molecule has 0 spiro atoms. The van der Waals surface area contributed by atoms with E-state index in [0.29, 0.717) is 16.3 Å². The second kappa shape index (κ2) is 9.17. The molecule has 13 heteroatoms. The van der Waals surface area contributed by atoms with Crippen LogP contribution < -0.4 is 20.3 Å². The van der Waals surface area contributed by atoms with E-state index in [1.54, 1.807) is 24.3 Å². The lowest BCUT2D eigenvalue weighted by Gasteiger charge is -2.24. The molecule has 4 rings (SSSR count). The second-order valence-electron chi connectivity index (χ2n) is 7.52. The highest BCUT2D eigenvalue weighted by atomic mass is 32.2. The summed E-state index contributed by atoms with van der Waals surface area (Å²) in [6.45, 7) is -3.69. The van der Waals surface area contributed by atoms with Crippen molar-refractivity contribution < 1.29 is 26.4 Å². The molecule has 0 unspecified atom stereocenters. The Kier molecular flexibility index (Phi) is 6.28. The fourth-order valence-corrected chi connectivity index (χ4v) is 4.02. The van der Waals surface area contributed by atoms with E-state index in [1.165, 1.54) is 18.2 Å². The van der Waals surface area contributed by atoms with Gasteiger partial charge in [0.1, 0.15) is 0 Å². The molecule has 0 bridgehead atoms. The van der Waals surface area contributed by atoms with E-state index in [4.69, 9.17) is 0 Å². The quantitative estimate of drug-likeness (QED) is 0.413. The number of anilines is 5. The zero-order valence-electron chi connectivity index (χ0n) is 17.7. The van der Waals surface area contributed by atoms with Crippen LogP contribution in [0.25, 0.3) is 0 Å². The largest absolute Gasteiger partial charge is 0.325 e. The number of aromatic nitrogens is 2. The van der Waals surface area contributed by atoms with Crippen molar-refractivity contribution in [3.8, 4) is 0 Å². The van der Waals surface area contributed by atoms with E-state index in [9.17, 15) is 26.4 Å². The predicted octanol–water partition coefficient (Wildman–Crippen LogP) is 3.45. The summed E-state index contributed by atoms with van der Waals surface area (Å²) in [4.78, 5) is 19.7. The number of fused-ring (bicyclic) bond motifs is 1. The molecule has 9 nitrogen and oxygen atoms in total. The zero-order chi connectivity index (χ0) is 24.5. The van der Waals surface area contributed by atoms with Crippen LogP contribution in [0, 0.1) is 5.82 Å². The Bertz CT molecular complexity index is 1350. The predicted molar refractivity (Wildman–Crippen MR) is 121 cm³/mol. The van der Waals surface area contributed by atoms with Crippen LogP contribution >= 0.6 is 0 Å². The molecule has 3 aromatic rings. The van der Waals surface area contributed by atoms with Crippen LogP contribution in [0.1, 0.15) is 11.1 Å². The Hall–Kier alpha value is -3.87. The number of benzene rings is 2. The maximum Gasteiger partial charge on any atom is 0.316 e. The van der Waals surface area contributed by atoms with Gasteiger partial charge in [0.2, 0.25) is 21.9 Å². The fraction of sp³-hybridized carbons (Fsp3) is 0.190. The molecule has 2 aromatic carbocycles. The van der Waals surface area contributed by atoms with Crippen LogP contribution in [0.3, 0.4) is 0 Å². The number of nitrogens with one attached hydrogen (secondary N) is 3. The first-order valence-electron chi connectivity index (χ1n) is 9.92. The van der Waals surface area contributed by atoms with Crippen molar-refractivity contribution in [1.82, 2.24) is 9.97 Å². The summed E-state index contributed by atoms with van der Waals surface area (Å²) in [5, 5.41) is 5.50. The van der Waals surface area contributed by atoms with E-state index in [2.05, 4.69) is 25.3 Å². The van der Waals surface area contributed by atoms with E-state index in [-0.39, 0.29) is 29.5 Å². The third kappa shape index (κ3) is 5.36. The van der Waals surface area contributed by atoms with E-state index in [0.717, 1.165) is 18.0 Å². The first-order valence-corrected chi connectivity index (χ1v) is 11.8. The van der Waals surface area contributed by atoms with Gasteiger partial charge in [0.25, 0.3) is 0 Å². The number of carbonyl (C=O) groups is 1. The number of halogens is 3. The number of rotatable bonds is 8. The molecule has 34 heavy (non-hydrogen) atoms. The summed E-state index contributed by atoms with van der Waals surface area (Å²) < 4.78 is 68.0. The summed E-state index contributed by atoms with van der Waals surface area (Å²) in [7, 11) is -3.67. The van der Waals surface area contributed by atoms with Gasteiger partial charge in [-0.1, -0.05) is 24.3 Å². The highest BCUT2D eigenvalue weighted by Crippen LogP contribution is 2.29. The molecular weight excluding hydrogens is 473 g/mol. The molecule has 1 aromatic heterocycles. The zero-order valence-corrected chi connectivity index (χ0v) is 18.5. The van der Waals surface area contributed by atoms with Crippen LogP contribution in [0.15, 0.2) is 48.7 Å². The Balaban J connectivity index is 1.62. The molecule has 3 N–H and O–H groups in total. The molecule has 2 heterocycles. The van der Waals surface area contributed by atoms with Gasteiger partial charge in [0.15, 0.2) is 11.6 Å². The average Bonchev–Trinajstić information content (AvgIpc) is 3.12. The number of sulfonamides is 1. The number of carbonyl (C=O) groups excluding carboxylic acids is 1. The van der Waals surface area contributed by atoms with E-state index in [1.807, 2.05) is 0 Å². The van der Waals surface area contributed by atoms with Crippen molar-refractivity contribution in [2.24, 2.45) is 0 Å². The molecule has 1 aliphatic heterocycles. The lowest BCUT2D eigenvalue weighted by molar-refractivity contribution is -0.115. The minimum Gasteiger partial charge on any atom is -0.325 e. The normalized spacial score (nSPS) is 12.9. The Morgan fingerprint density at radius 1 is 1.21 bits per heavy atom. The summed E-state index contributed by atoms with van der Waals surface area (Å²) in [5.74, 6) is -2.05. The lowest BCUT2D eigenvalue weighted by Crippen LogP contribution is -2.31. The van der Waals surface area contributed by atoms with Gasteiger partial charge in [-0.15, -0.1) is 0 Å². The van der Waals surface area contributed by atoms with Crippen LogP contribution in [0.5, 0.6) is 0 Å². The van der Waals surface area contributed by atoms with Crippen LogP contribution in [0.4, 0.5) is 42.0 Å². The highest BCUT2D eigenvalue weighted by Gasteiger charge is 2.25. The van der Waals surface area contributed by atoms with Gasteiger partial charge in [-0.25, -0.2) is 17.8 Å². The summed E-state index contributed by atoms with van der Waals surface area (Å²) >= 11 is 0. The minimum absolute atomic E-state index is 0.0867. The standard InChI is InChI=1S/C21H19F3N6O3S/c1-34(32,33)29-16-5-3-2-4-13(16)11-30(20(23)24)19-15(22)10-25-21(28-19)26-14-7-6-12-8-18(31)27-17(12)9-14/h2-7,9-10,20,29H,8,11H2,1H3,(H,27,31)(H,25,26,28). The van der Waals surface area contributed by atoms with Crippen molar-refractivity contribution in [2.75, 3.05) is 26.5 Å². The lowest BCUT2D eigenvalue weighted by atomic mass is 10.1. The number of amides is 1. The Morgan fingerprint density at radius 2 is 1.97 bits per heavy atom. The van der Waals surface area contributed by atoms with Gasteiger partial charge in [-0.05, 0) is 29.3 Å². The molecule has 0 radical (unpaired) electrons. The van der Waals surface area contributed by atoms with Crippen molar-refractivity contribution in [3.63, 3.8) is 0 Å². The Morgan fingerprint density at radius 3 is 2.71 bits per heavy atom. The second-order valence-corrected chi connectivity index (χ2v) is 9.27. The SMILES string of the molecule is CS(=O)(=O)Nc1ccccc1CN(c1nc(Nc2ccc3c(c2)NC(=O)C3)ncc1F)C(F)F. The first kappa shape index (κ1) is 23.3. The summed E-state index contributed by atoms with van der Waals surface area (Å²) in [6.07, 6.45) is 1.95. The average molecular weight is 492 g/mol. The molecule has 1 amide bonds. The summed E-state index contributed by atoms with van der Waals surface area (Å²) in [6, 6.07) is 10.9. The van der Waals surface area contributed by atoms with Gasteiger partial charge in [0, 0.05) is 11.4 Å². The smallest absolute Gasteiger partial charge is 0.316 e. The topological polar surface area (TPSA) is 116 Å². The van der Waals surface area contributed by atoms with Crippen molar-refractivity contribution in [2.45, 2.75) is 19.5 Å². The van der Waals surface area contributed by atoms with Crippen molar-refractivity contribution in [3.05, 3.63) is 65.6 Å². The number of alkyl halides is 2. The molecular formula is C21H19F3N6O3S. The maximum atomic E-state index is 14.5. The van der Waals surface area contributed by atoms with Gasteiger partial charge in [0.05, 0.1) is 31.1 Å². The van der Waals surface area contributed by atoms with Crippen LogP contribution in [0.2, 0.25) is 0 Å². The van der Waals surface area contributed by atoms with E-state index >= 15 is 0 Å². The first-order chi connectivity index (χ1) is 16.1. The van der Waals surface area contributed by atoms with Crippen LogP contribution in [-0.4, -0.2) is 37.1 Å². The molecule has 0 saturated carbocycles. The maximum absolute atomic E-state index is 14.5. The van der Waals surface area contributed by atoms with Crippen molar-refractivity contribution >= 4 is 44.8 Å². The van der Waals surface area contributed by atoms with Crippen molar-refractivity contribution in [1.29, 1.82) is 0 Å². The molecule has 0 atom stereocenters. The third-order valence-electron chi connectivity index (χ3n) is 4.88. The number of hydrogen-bond donors (Lipinski definition) is 3. The molecule has 178 valence electrons. The Labute approximate surface area is 193 Å². The molecule has 0 fully saturated rings. The highest BCUT2D eigenvalue weighted by molar-refractivity contribution is 7.92. The fourth-order valence-electron chi connectivity index (χ4n) is 3.42. The molecule has 1 aliphatic rings. The van der Waals surface area contributed by atoms with Gasteiger partial charge < -0.3 is 10.6 Å². The number of hydrogen-bond acceptors (Lipinski definition) is 7. The van der Waals surface area contributed by atoms with Gasteiger partial charge in [-0.3, -0.25) is 14.4 Å². The monoisotopic (exact) mass is 492 g/mol. The van der Waals surface area contributed by atoms with E-state index < -0.39 is 34.8 Å². The van der Waals surface area contributed by atoms with Gasteiger partial charge >= 0.3 is 6.55 Å². The number of para-hydroxylation sites is 1. The van der Waals surface area contributed by atoms with Crippen LogP contribution in [-0.2, 0) is 27.8 Å². The molecule has 0 aliphatic carbocycles. The number of nitrogens with zero attached hydrogens (tertiary/aromatic N) is 3. The minimum atomic E-state index is -3.67.